The van der Waals surface area contributed by atoms with E-state index < -0.39 is 5.97 Å². The van der Waals surface area contributed by atoms with Crippen molar-refractivity contribution in [2.75, 3.05) is 7.11 Å². The van der Waals surface area contributed by atoms with Crippen molar-refractivity contribution in [1.82, 2.24) is 0 Å². The molecule has 6 nitrogen and oxygen atoms in total. The molecule has 2 aromatic heterocycles. The van der Waals surface area contributed by atoms with Gasteiger partial charge in [-0.1, -0.05) is 0 Å². The maximum atomic E-state index is 12.2. The third kappa shape index (κ3) is 2.98. The summed E-state index contributed by atoms with van der Waals surface area (Å²) in [4.78, 5) is 23.6. The van der Waals surface area contributed by atoms with Crippen LogP contribution in [-0.4, -0.2) is 13.1 Å². The molecule has 0 radical (unpaired) electrons. The second-order valence-electron chi connectivity index (χ2n) is 6.26. The van der Waals surface area contributed by atoms with Gasteiger partial charge in [0.05, 0.1) is 7.11 Å². The number of methoxy groups -OCH3 is 1. The molecule has 134 valence electrons. The number of fused-ring (bicyclic) bond motifs is 3. The normalized spacial score (nSPS) is 13.4. The predicted molar refractivity (Wildman–Crippen MR) is 93.5 cm³/mol. The van der Waals surface area contributed by atoms with Gasteiger partial charge in [0, 0.05) is 17.0 Å². The molecule has 0 saturated carbocycles. The van der Waals surface area contributed by atoms with Gasteiger partial charge in [0.1, 0.15) is 23.7 Å². The summed E-state index contributed by atoms with van der Waals surface area (Å²) in [7, 11) is 1.29. The van der Waals surface area contributed by atoms with Crippen molar-refractivity contribution in [1.29, 1.82) is 0 Å². The molecule has 1 aromatic carbocycles. The second-order valence-corrected chi connectivity index (χ2v) is 6.26. The average molecular weight is 354 g/mol. The van der Waals surface area contributed by atoms with Crippen molar-refractivity contribution in [2.24, 2.45) is 0 Å². The molecule has 6 heteroatoms. The third-order valence-electron chi connectivity index (χ3n) is 4.62. The Hall–Kier alpha value is -3.02. The van der Waals surface area contributed by atoms with Crippen molar-refractivity contribution in [3.05, 3.63) is 63.4 Å². The molecule has 0 spiro atoms. The van der Waals surface area contributed by atoms with Gasteiger partial charge in [0.2, 0.25) is 5.76 Å². The topological polar surface area (TPSA) is 78.9 Å². The monoisotopic (exact) mass is 354 g/mol. The van der Waals surface area contributed by atoms with Crippen molar-refractivity contribution >= 4 is 16.9 Å². The molecule has 2 heterocycles. The summed E-state index contributed by atoms with van der Waals surface area (Å²) in [5.74, 6) is 0.653. The van der Waals surface area contributed by atoms with Crippen LogP contribution < -0.4 is 10.4 Å². The van der Waals surface area contributed by atoms with E-state index in [1.54, 1.807) is 12.1 Å². The van der Waals surface area contributed by atoms with E-state index in [4.69, 9.17) is 13.6 Å². The van der Waals surface area contributed by atoms with Crippen LogP contribution in [0.3, 0.4) is 0 Å². The highest BCUT2D eigenvalue weighted by atomic mass is 16.5. The Balaban J connectivity index is 1.57. The molecule has 0 saturated heterocycles. The van der Waals surface area contributed by atoms with Gasteiger partial charge in [-0.05, 0) is 55.5 Å². The number of benzene rings is 1. The van der Waals surface area contributed by atoms with Gasteiger partial charge < -0.3 is 18.3 Å². The van der Waals surface area contributed by atoms with Crippen LogP contribution in [0.4, 0.5) is 0 Å². The van der Waals surface area contributed by atoms with Gasteiger partial charge in [0.25, 0.3) is 0 Å². The molecule has 0 fully saturated rings. The molecular formula is C20H18O6. The van der Waals surface area contributed by atoms with Crippen LogP contribution >= 0.6 is 0 Å². The second kappa shape index (κ2) is 6.71. The Morgan fingerprint density at radius 3 is 2.69 bits per heavy atom. The molecule has 0 amide bonds. The average Bonchev–Trinajstić information content (AvgIpc) is 3.15. The van der Waals surface area contributed by atoms with Crippen molar-refractivity contribution in [2.45, 2.75) is 32.3 Å². The van der Waals surface area contributed by atoms with E-state index >= 15 is 0 Å². The molecule has 1 aliphatic rings. The summed E-state index contributed by atoms with van der Waals surface area (Å²) in [6.45, 7) is 0.150. The van der Waals surface area contributed by atoms with Gasteiger partial charge in [-0.3, -0.25) is 0 Å². The number of carbonyl (C=O) groups is 1. The van der Waals surface area contributed by atoms with Crippen LogP contribution in [0.1, 0.15) is 40.3 Å². The van der Waals surface area contributed by atoms with E-state index in [0.29, 0.717) is 17.1 Å². The quantitative estimate of drug-likeness (QED) is 0.526. The Morgan fingerprint density at radius 2 is 1.88 bits per heavy atom. The van der Waals surface area contributed by atoms with E-state index in [2.05, 4.69) is 4.74 Å². The number of esters is 1. The zero-order chi connectivity index (χ0) is 18.1. The molecule has 0 atom stereocenters. The zero-order valence-corrected chi connectivity index (χ0v) is 14.4. The van der Waals surface area contributed by atoms with Gasteiger partial charge in [0.15, 0.2) is 0 Å². The molecule has 0 unspecified atom stereocenters. The number of hydrogen-bond donors (Lipinski definition) is 0. The minimum Gasteiger partial charge on any atom is -0.486 e. The summed E-state index contributed by atoms with van der Waals surface area (Å²) >= 11 is 0. The van der Waals surface area contributed by atoms with Crippen LogP contribution in [0, 0.1) is 0 Å². The molecule has 0 bridgehead atoms. The van der Waals surface area contributed by atoms with E-state index in [1.807, 2.05) is 12.1 Å². The zero-order valence-electron chi connectivity index (χ0n) is 14.4. The predicted octanol–water partition coefficient (Wildman–Crippen LogP) is 3.63. The first-order valence-electron chi connectivity index (χ1n) is 8.54. The lowest BCUT2D eigenvalue weighted by molar-refractivity contribution is 0.0561. The summed E-state index contributed by atoms with van der Waals surface area (Å²) in [6.07, 6.45) is 3.80. The summed E-state index contributed by atoms with van der Waals surface area (Å²) in [5, 5.41) is 0.970. The van der Waals surface area contributed by atoms with Crippen LogP contribution in [0.5, 0.6) is 5.75 Å². The van der Waals surface area contributed by atoms with Gasteiger partial charge in [-0.2, -0.15) is 0 Å². The van der Waals surface area contributed by atoms with Crippen molar-refractivity contribution in [3.8, 4) is 5.75 Å². The fraction of sp³-hybridized carbons (Fsp3) is 0.300. The molecular weight excluding hydrogens is 336 g/mol. The van der Waals surface area contributed by atoms with E-state index in [1.165, 1.54) is 13.2 Å². The number of hydrogen-bond acceptors (Lipinski definition) is 6. The Kier molecular flexibility index (Phi) is 4.24. The lowest BCUT2D eigenvalue weighted by Gasteiger charge is -2.16. The SMILES string of the molecule is COC(=O)c1ccc(COc2ccc3c4c(c(=O)oc3c2)CCCC4)o1. The van der Waals surface area contributed by atoms with E-state index in [9.17, 15) is 9.59 Å². The van der Waals surface area contributed by atoms with Crippen LogP contribution in [0.25, 0.3) is 11.0 Å². The number of carbonyl (C=O) groups excluding carboxylic acids is 1. The van der Waals surface area contributed by atoms with Gasteiger partial charge in [-0.15, -0.1) is 0 Å². The fourth-order valence-electron chi connectivity index (χ4n) is 3.34. The number of rotatable bonds is 4. The van der Waals surface area contributed by atoms with Crippen molar-refractivity contribution in [3.63, 3.8) is 0 Å². The minimum absolute atomic E-state index is 0.127. The fourth-order valence-corrected chi connectivity index (χ4v) is 3.34. The molecule has 0 aliphatic heterocycles. The molecule has 4 rings (SSSR count). The summed E-state index contributed by atoms with van der Waals surface area (Å²) in [6, 6.07) is 8.69. The number of furan rings is 1. The molecule has 0 N–H and O–H groups in total. The highest BCUT2D eigenvalue weighted by Crippen LogP contribution is 2.29. The first-order chi connectivity index (χ1) is 12.7. The highest BCUT2D eigenvalue weighted by molar-refractivity contribution is 5.86. The summed E-state index contributed by atoms with van der Waals surface area (Å²) in [5.41, 5.74) is 2.19. The van der Waals surface area contributed by atoms with Crippen LogP contribution in [0.2, 0.25) is 0 Å². The lowest BCUT2D eigenvalue weighted by Crippen LogP contribution is -2.15. The van der Waals surface area contributed by atoms with Crippen molar-refractivity contribution < 1.29 is 23.1 Å². The number of ether oxygens (including phenoxy) is 2. The van der Waals surface area contributed by atoms with Crippen LogP contribution in [0.15, 0.2) is 44.0 Å². The Morgan fingerprint density at radius 1 is 1.08 bits per heavy atom. The number of aryl methyl sites for hydroxylation is 1. The Labute approximate surface area is 149 Å². The van der Waals surface area contributed by atoms with Gasteiger partial charge >= 0.3 is 11.6 Å². The Bertz CT molecular complexity index is 1030. The minimum atomic E-state index is -0.534. The highest BCUT2D eigenvalue weighted by Gasteiger charge is 2.18. The maximum absolute atomic E-state index is 12.2. The maximum Gasteiger partial charge on any atom is 0.373 e. The molecule has 26 heavy (non-hydrogen) atoms. The largest absolute Gasteiger partial charge is 0.486 e. The first kappa shape index (κ1) is 16.4. The smallest absolute Gasteiger partial charge is 0.373 e. The van der Waals surface area contributed by atoms with Gasteiger partial charge in [-0.25, -0.2) is 9.59 Å². The van der Waals surface area contributed by atoms with Crippen LogP contribution in [-0.2, 0) is 24.2 Å². The van der Waals surface area contributed by atoms with E-state index in [0.717, 1.165) is 42.2 Å². The first-order valence-corrected chi connectivity index (χ1v) is 8.54. The lowest BCUT2D eigenvalue weighted by atomic mass is 9.91. The molecule has 3 aromatic rings. The molecule has 1 aliphatic carbocycles. The summed E-state index contributed by atoms with van der Waals surface area (Å²) < 4.78 is 21.2. The third-order valence-corrected chi connectivity index (χ3v) is 4.62. The standard InChI is InChI=1S/C20H18O6/c1-23-20(22)17-9-7-13(25-17)11-24-12-6-8-15-14-4-2-3-5-16(14)19(21)26-18(15)10-12/h6-10H,2-5,11H2,1H3. The van der Waals surface area contributed by atoms with E-state index in [-0.39, 0.29) is 18.0 Å².